The quantitative estimate of drug-likeness (QED) is 0.383. The lowest BCUT2D eigenvalue weighted by atomic mass is 10.00. The number of anilines is 1. The van der Waals surface area contributed by atoms with E-state index in [0.717, 1.165) is 25.9 Å². The number of hydrogen-bond donors (Lipinski definition) is 1. The van der Waals surface area contributed by atoms with E-state index >= 15 is 0 Å². The first-order valence-corrected chi connectivity index (χ1v) is 10.2. The summed E-state index contributed by atoms with van der Waals surface area (Å²) in [4.78, 5) is 30.5. The Morgan fingerprint density at radius 1 is 1.13 bits per heavy atom. The fraction of sp³-hybridized carbons (Fsp3) is 0.273. The molecule has 1 aliphatic heterocycles. The Bertz CT molecular complexity index is 1030. The van der Waals surface area contributed by atoms with Crippen LogP contribution in [0.5, 0.6) is 0 Å². The van der Waals surface area contributed by atoms with Crippen LogP contribution in [0.2, 0.25) is 5.02 Å². The molecule has 30 heavy (non-hydrogen) atoms. The van der Waals surface area contributed by atoms with Crippen molar-refractivity contribution in [3.63, 3.8) is 0 Å². The molecule has 156 valence electrons. The number of benzodiazepines with no additional fused rings is 1. The summed E-state index contributed by atoms with van der Waals surface area (Å²) in [5.41, 5.74) is 2.05. The van der Waals surface area contributed by atoms with Gasteiger partial charge in [0.15, 0.2) is 0 Å². The molecular weight excluding hydrogens is 404 g/mol. The van der Waals surface area contributed by atoms with E-state index in [-0.39, 0.29) is 17.3 Å². The van der Waals surface area contributed by atoms with Crippen molar-refractivity contribution < 1.29 is 9.72 Å². The summed E-state index contributed by atoms with van der Waals surface area (Å²) in [6.07, 6.45) is 3.61. The van der Waals surface area contributed by atoms with Crippen LogP contribution in [0.15, 0.2) is 59.4 Å². The highest BCUT2D eigenvalue weighted by molar-refractivity contribution is 6.36. The Hall–Kier alpha value is -3.19. The van der Waals surface area contributed by atoms with Gasteiger partial charge in [-0.2, -0.15) is 0 Å². The van der Waals surface area contributed by atoms with E-state index in [0.29, 0.717) is 27.5 Å². The first-order valence-electron chi connectivity index (χ1n) is 9.84. The minimum atomic E-state index is -0.474. The highest BCUT2D eigenvalue weighted by atomic mass is 35.5. The van der Waals surface area contributed by atoms with Crippen LogP contribution >= 0.6 is 11.6 Å². The zero-order chi connectivity index (χ0) is 21.7. The maximum absolute atomic E-state index is 12.9. The van der Waals surface area contributed by atoms with Crippen LogP contribution in [0.25, 0.3) is 0 Å². The maximum Gasteiger partial charge on any atom is 0.275 e. The van der Waals surface area contributed by atoms with E-state index in [1.807, 2.05) is 6.07 Å². The molecule has 2 aromatic rings. The lowest BCUT2D eigenvalue weighted by Gasteiger charge is -2.19. The zero-order valence-corrected chi connectivity index (χ0v) is 17.6. The summed E-state index contributed by atoms with van der Waals surface area (Å²) in [6, 6.07) is 11.4. The van der Waals surface area contributed by atoms with E-state index in [1.54, 1.807) is 24.4 Å². The van der Waals surface area contributed by atoms with Gasteiger partial charge in [-0.1, -0.05) is 43.6 Å². The molecular formula is C22H23ClN4O3. The van der Waals surface area contributed by atoms with Crippen LogP contribution in [-0.2, 0) is 4.79 Å². The summed E-state index contributed by atoms with van der Waals surface area (Å²) in [5.74, 6) is -0.371. The molecule has 0 fully saturated rings. The van der Waals surface area contributed by atoms with Gasteiger partial charge < -0.3 is 10.2 Å². The monoisotopic (exact) mass is 426 g/mol. The van der Waals surface area contributed by atoms with Gasteiger partial charge in [0.1, 0.15) is 5.70 Å². The molecule has 0 bridgehead atoms. The molecule has 0 unspecified atom stereocenters. The highest BCUT2D eigenvalue weighted by Gasteiger charge is 2.25. The Morgan fingerprint density at radius 2 is 1.83 bits per heavy atom. The number of halogens is 1. The second-order valence-corrected chi connectivity index (χ2v) is 7.34. The number of nitrogens with zero attached hydrogens (tertiary/aromatic N) is 3. The molecule has 0 radical (unpaired) electrons. The standard InChI is InChI=1S/C22H23ClN4O3/c1-3-11-26(12-4-2)14-20-22(28)25-19-10-9-15(27(29)30)13-17(19)21(24-20)16-7-5-6-8-18(16)23/h5-10,13-14H,3-4,11-12H2,1-2H3,(H,25,28). The van der Waals surface area contributed by atoms with Crippen molar-refractivity contribution in [2.45, 2.75) is 26.7 Å². The molecule has 0 aromatic heterocycles. The van der Waals surface area contributed by atoms with Crippen molar-refractivity contribution in [2.75, 3.05) is 18.4 Å². The van der Waals surface area contributed by atoms with Crippen LogP contribution in [-0.4, -0.2) is 34.5 Å². The number of fused-ring (bicyclic) bond motifs is 1. The maximum atomic E-state index is 12.9. The number of amides is 1. The molecule has 1 N–H and O–H groups in total. The molecule has 1 amide bonds. The molecule has 3 rings (SSSR count). The summed E-state index contributed by atoms with van der Waals surface area (Å²) in [6.45, 7) is 5.73. The van der Waals surface area contributed by atoms with Gasteiger partial charge in [0.2, 0.25) is 0 Å². The predicted molar refractivity (Wildman–Crippen MR) is 119 cm³/mol. The highest BCUT2D eigenvalue weighted by Crippen LogP contribution is 2.31. The van der Waals surface area contributed by atoms with Crippen molar-refractivity contribution in [1.82, 2.24) is 4.90 Å². The number of nitrogens with one attached hydrogen (secondary N) is 1. The number of non-ortho nitro benzene ring substituents is 1. The molecule has 7 nitrogen and oxygen atoms in total. The third-order valence-corrected chi connectivity index (χ3v) is 4.97. The molecule has 0 atom stereocenters. The number of rotatable bonds is 7. The fourth-order valence-corrected chi connectivity index (χ4v) is 3.53. The minimum Gasteiger partial charge on any atom is -0.375 e. The number of aliphatic imine (C=N–C) groups is 1. The molecule has 0 saturated carbocycles. The summed E-state index contributed by atoms with van der Waals surface area (Å²) in [5, 5.41) is 14.6. The Labute approximate surface area is 180 Å². The van der Waals surface area contributed by atoms with Gasteiger partial charge in [-0.3, -0.25) is 14.9 Å². The molecule has 2 aromatic carbocycles. The van der Waals surface area contributed by atoms with Crippen LogP contribution in [0, 0.1) is 10.1 Å². The third-order valence-electron chi connectivity index (χ3n) is 4.64. The van der Waals surface area contributed by atoms with Gasteiger partial charge in [-0.05, 0) is 25.0 Å². The van der Waals surface area contributed by atoms with Gasteiger partial charge in [0, 0.05) is 47.6 Å². The van der Waals surface area contributed by atoms with Gasteiger partial charge in [-0.15, -0.1) is 0 Å². The minimum absolute atomic E-state index is 0.0891. The van der Waals surface area contributed by atoms with Gasteiger partial charge in [0.05, 0.1) is 16.3 Å². The van der Waals surface area contributed by atoms with E-state index in [1.165, 1.54) is 18.2 Å². The second-order valence-electron chi connectivity index (χ2n) is 6.93. The lowest BCUT2D eigenvalue weighted by molar-refractivity contribution is -0.384. The molecule has 0 spiro atoms. The largest absolute Gasteiger partial charge is 0.375 e. The Morgan fingerprint density at radius 3 is 2.47 bits per heavy atom. The molecule has 1 heterocycles. The molecule has 1 aliphatic rings. The zero-order valence-electron chi connectivity index (χ0n) is 16.9. The first-order chi connectivity index (χ1) is 14.4. The van der Waals surface area contributed by atoms with E-state index in [4.69, 9.17) is 11.6 Å². The molecule has 0 aliphatic carbocycles. The van der Waals surface area contributed by atoms with E-state index in [2.05, 4.69) is 29.1 Å². The Balaban J connectivity index is 2.22. The number of benzene rings is 2. The van der Waals surface area contributed by atoms with Gasteiger partial charge >= 0.3 is 0 Å². The topological polar surface area (TPSA) is 87.8 Å². The second kappa shape index (κ2) is 9.54. The number of nitro benzene ring substituents is 1. The predicted octanol–water partition coefficient (Wildman–Crippen LogP) is 5.00. The molecule has 8 heteroatoms. The average molecular weight is 427 g/mol. The lowest BCUT2D eigenvalue weighted by Crippen LogP contribution is -2.22. The fourth-order valence-electron chi connectivity index (χ4n) is 3.30. The van der Waals surface area contributed by atoms with Gasteiger partial charge in [0.25, 0.3) is 11.6 Å². The first kappa shape index (κ1) is 21.5. The van der Waals surface area contributed by atoms with Crippen molar-refractivity contribution in [3.8, 4) is 0 Å². The van der Waals surface area contributed by atoms with Crippen LogP contribution in [0.3, 0.4) is 0 Å². The van der Waals surface area contributed by atoms with Crippen molar-refractivity contribution in [3.05, 3.63) is 80.6 Å². The number of carbonyl (C=O) groups excluding carboxylic acids is 1. The van der Waals surface area contributed by atoms with Crippen molar-refractivity contribution in [2.24, 2.45) is 4.99 Å². The van der Waals surface area contributed by atoms with Crippen LogP contribution in [0.4, 0.5) is 11.4 Å². The van der Waals surface area contributed by atoms with Crippen LogP contribution < -0.4 is 5.32 Å². The summed E-state index contributed by atoms with van der Waals surface area (Å²) < 4.78 is 0. The third kappa shape index (κ3) is 4.68. The van der Waals surface area contributed by atoms with Gasteiger partial charge in [-0.25, -0.2) is 4.99 Å². The van der Waals surface area contributed by atoms with Crippen molar-refractivity contribution in [1.29, 1.82) is 0 Å². The van der Waals surface area contributed by atoms with Crippen LogP contribution in [0.1, 0.15) is 37.8 Å². The number of hydrogen-bond acceptors (Lipinski definition) is 5. The molecule has 0 saturated heterocycles. The number of nitro groups is 1. The SMILES string of the molecule is CCCN(C=C1N=C(c2ccccc2Cl)c2cc([N+](=O)[O-])ccc2NC1=O)CCC. The smallest absolute Gasteiger partial charge is 0.275 e. The van der Waals surface area contributed by atoms with E-state index in [9.17, 15) is 14.9 Å². The average Bonchev–Trinajstić information content (AvgIpc) is 2.85. The number of carbonyl (C=O) groups is 1. The summed E-state index contributed by atoms with van der Waals surface area (Å²) >= 11 is 6.42. The normalized spacial score (nSPS) is 14.6. The Kier molecular flexibility index (Phi) is 6.84. The van der Waals surface area contributed by atoms with Crippen molar-refractivity contribution >= 4 is 34.6 Å². The van der Waals surface area contributed by atoms with E-state index < -0.39 is 4.92 Å². The summed E-state index contributed by atoms with van der Waals surface area (Å²) in [7, 11) is 0.